The fourth-order valence-electron chi connectivity index (χ4n) is 2.61. The third kappa shape index (κ3) is 4.92. The molecule has 0 aliphatic heterocycles. The predicted molar refractivity (Wildman–Crippen MR) is 103 cm³/mol. The van der Waals surface area contributed by atoms with E-state index >= 15 is 0 Å². The van der Waals surface area contributed by atoms with E-state index in [0.29, 0.717) is 11.0 Å². The fourth-order valence-corrected chi connectivity index (χ4v) is 3.22. The van der Waals surface area contributed by atoms with Gasteiger partial charge in [0.2, 0.25) is 11.1 Å². The van der Waals surface area contributed by atoms with Crippen LogP contribution in [0, 0.1) is 0 Å². The minimum Gasteiger partial charge on any atom is -0.349 e. The predicted octanol–water partition coefficient (Wildman–Crippen LogP) is 3.62. The lowest BCUT2D eigenvalue weighted by Gasteiger charge is -2.18. The van der Waals surface area contributed by atoms with Gasteiger partial charge in [-0.25, -0.2) is 4.98 Å². The Kier molecular flexibility index (Phi) is 6.38. The van der Waals surface area contributed by atoms with E-state index < -0.39 is 0 Å². The van der Waals surface area contributed by atoms with Crippen LogP contribution in [0.4, 0.5) is 0 Å². The van der Waals surface area contributed by atoms with Crippen LogP contribution in [-0.4, -0.2) is 31.8 Å². The number of rotatable bonds is 8. The zero-order chi connectivity index (χ0) is 18.2. The van der Waals surface area contributed by atoms with E-state index in [4.69, 9.17) is 0 Å². The Morgan fingerprint density at radius 2 is 1.96 bits per heavy atom. The van der Waals surface area contributed by atoms with Gasteiger partial charge in [-0.3, -0.25) is 14.9 Å². The van der Waals surface area contributed by atoms with Crippen LogP contribution in [0.5, 0.6) is 0 Å². The second-order valence-electron chi connectivity index (χ2n) is 5.81. The number of thioether (sulfide) groups is 1. The number of hydrogen-bond acceptors (Lipinski definition) is 5. The monoisotopic (exact) mass is 367 g/mol. The lowest BCUT2D eigenvalue weighted by molar-refractivity contribution is -0.119. The molecule has 0 aliphatic carbocycles. The normalized spacial score (nSPS) is 11.9. The number of carbonyl (C=O) groups excluding carboxylic acids is 1. The molecule has 6 nitrogen and oxygen atoms in total. The van der Waals surface area contributed by atoms with Crippen LogP contribution in [0.15, 0.2) is 60.0 Å². The summed E-state index contributed by atoms with van der Waals surface area (Å²) in [6.07, 6.45) is 5.32. The number of carbonyl (C=O) groups is 1. The SMILES string of the molecule is CCC[C@@H](NC(=O)CSc1n[nH]c(-c2ccncc2)n1)c1ccccc1. The quantitative estimate of drug-likeness (QED) is 0.594. The molecule has 0 aliphatic rings. The van der Waals surface area contributed by atoms with Crippen LogP contribution in [0.1, 0.15) is 31.4 Å². The van der Waals surface area contributed by atoms with E-state index in [1.54, 1.807) is 12.4 Å². The number of benzene rings is 1. The van der Waals surface area contributed by atoms with Crippen LogP contribution in [0.2, 0.25) is 0 Å². The molecule has 0 saturated heterocycles. The summed E-state index contributed by atoms with van der Waals surface area (Å²) >= 11 is 1.32. The van der Waals surface area contributed by atoms with Crippen molar-refractivity contribution in [3.63, 3.8) is 0 Å². The van der Waals surface area contributed by atoms with E-state index in [0.717, 1.165) is 24.0 Å². The molecule has 0 fully saturated rings. The van der Waals surface area contributed by atoms with Crippen molar-refractivity contribution in [1.82, 2.24) is 25.5 Å². The van der Waals surface area contributed by atoms with E-state index in [1.807, 2.05) is 42.5 Å². The summed E-state index contributed by atoms with van der Waals surface area (Å²) in [6, 6.07) is 13.8. The Morgan fingerprint density at radius 1 is 1.19 bits per heavy atom. The maximum absolute atomic E-state index is 12.3. The van der Waals surface area contributed by atoms with E-state index in [9.17, 15) is 4.79 Å². The Morgan fingerprint density at radius 3 is 2.69 bits per heavy atom. The lowest BCUT2D eigenvalue weighted by Crippen LogP contribution is -2.29. The Bertz CT molecular complexity index is 822. The number of amides is 1. The van der Waals surface area contributed by atoms with Gasteiger partial charge < -0.3 is 5.32 Å². The molecule has 0 unspecified atom stereocenters. The first kappa shape index (κ1) is 18.1. The lowest BCUT2D eigenvalue weighted by atomic mass is 10.0. The summed E-state index contributed by atoms with van der Waals surface area (Å²) in [6.45, 7) is 2.12. The van der Waals surface area contributed by atoms with Gasteiger partial charge >= 0.3 is 0 Å². The van der Waals surface area contributed by atoms with Crippen LogP contribution in [-0.2, 0) is 4.79 Å². The van der Waals surface area contributed by atoms with Gasteiger partial charge in [-0.1, -0.05) is 55.4 Å². The standard InChI is InChI=1S/C19H21N5OS/c1-2-6-16(14-7-4-3-5-8-14)21-17(25)13-26-19-22-18(23-24-19)15-9-11-20-12-10-15/h3-5,7-12,16H,2,6,13H2,1H3,(H,21,25)(H,22,23,24)/t16-/m1/s1. The largest absolute Gasteiger partial charge is 0.349 e. The van der Waals surface area contributed by atoms with Gasteiger partial charge in [0.15, 0.2) is 5.82 Å². The van der Waals surface area contributed by atoms with Gasteiger partial charge in [0, 0.05) is 18.0 Å². The van der Waals surface area contributed by atoms with Gasteiger partial charge in [-0.15, -0.1) is 5.10 Å². The molecule has 2 aromatic heterocycles. The van der Waals surface area contributed by atoms with Crippen LogP contribution >= 0.6 is 11.8 Å². The highest BCUT2D eigenvalue weighted by molar-refractivity contribution is 7.99. The molecule has 1 aromatic carbocycles. The molecule has 1 atom stereocenters. The molecule has 2 heterocycles. The van der Waals surface area contributed by atoms with Gasteiger partial charge in [-0.05, 0) is 24.1 Å². The summed E-state index contributed by atoms with van der Waals surface area (Å²) in [5, 5.41) is 10.7. The zero-order valence-electron chi connectivity index (χ0n) is 14.6. The van der Waals surface area contributed by atoms with Crippen molar-refractivity contribution in [3.05, 3.63) is 60.4 Å². The molecule has 7 heteroatoms. The molecule has 0 bridgehead atoms. The maximum atomic E-state index is 12.3. The minimum absolute atomic E-state index is 0.0208. The van der Waals surface area contributed by atoms with E-state index in [1.165, 1.54) is 11.8 Å². The molecule has 0 saturated carbocycles. The molecule has 0 spiro atoms. The van der Waals surface area contributed by atoms with Crippen molar-refractivity contribution in [2.75, 3.05) is 5.75 Å². The minimum atomic E-state index is -0.0208. The number of nitrogens with zero attached hydrogens (tertiary/aromatic N) is 3. The number of pyridine rings is 1. The number of aromatic amines is 1. The first-order chi connectivity index (χ1) is 12.8. The third-order valence-electron chi connectivity index (χ3n) is 3.87. The maximum Gasteiger partial charge on any atom is 0.230 e. The molecule has 2 N–H and O–H groups in total. The molecular weight excluding hydrogens is 346 g/mol. The molecule has 3 rings (SSSR count). The second kappa shape index (κ2) is 9.15. The first-order valence-corrected chi connectivity index (χ1v) is 9.54. The Hall–Kier alpha value is -2.67. The summed E-state index contributed by atoms with van der Waals surface area (Å²) in [4.78, 5) is 20.7. The van der Waals surface area contributed by atoms with Gasteiger partial charge in [0.25, 0.3) is 0 Å². The summed E-state index contributed by atoms with van der Waals surface area (Å²) in [5.74, 6) is 0.928. The summed E-state index contributed by atoms with van der Waals surface area (Å²) in [5.41, 5.74) is 2.04. The zero-order valence-corrected chi connectivity index (χ0v) is 15.4. The number of aromatic nitrogens is 4. The number of nitrogens with one attached hydrogen (secondary N) is 2. The van der Waals surface area contributed by atoms with Crippen LogP contribution < -0.4 is 5.32 Å². The highest BCUT2D eigenvalue weighted by Gasteiger charge is 2.15. The topological polar surface area (TPSA) is 83.6 Å². The molecule has 3 aromatic rings. The second-order valence-corrected chi connectivity index (χ2v) is 6.75. The molecule has 26 heavy (non-hydrogen) atoms. The average molecular weight is 367 g/mol. The van der Waals surface area contributed by atoms with E-state index in [2.05, 4.69) is 32.4 Å². The van der Waals surface area contributed by atoms with Gasteiger partial charge in [-0.2, -0.15) is 0 Å². The van der Waals surface area contributed by atoms with Crippen molar-refractivity contribution in [3.8, 4) is 11.4 Å². The number of hydrogen-bond donors (Lipinski definition) is 2. The van der Waals surface area contributed by atoms with Crippen molar-refractivity contribution in [2.24, 2.45) is 0 Å². The molecular formula is C19H21N5OS. The van der Waals surface area contributed by atoms with Crippen molar-refractivity contribution in [1.29, 1.82) is 0 Å². The average Bonchev–Trinajstić information content (AvgIpc) is 3.17. The Balaban J connectivity index is 1.56. The van der Waals surface area contributed by atoms with Crippen LogP contribution in [0.3, 0.4) is 0 Å². The third-order valence-corrected chi connectivity index (χ3v) is 4.71. The molecule has 134 valence electrons. The van der Waals surface area contributed by atoms with Crippen molar-refractivity contribution < 1.29 is 4.79 Å². The highest BCUT2D eigenvalue weighted by atomic mass is 32.2. The molecule has 0 radical (unpaired) electrons. The smallest absolute Gasteiger partial charge is 0.230 e. The van der Waals surface area contributed by atoms with Crippen molar-refractivity contribution >= 4 is 17.7 Å². The number of H-pyrrole nitrogens is 1. The van der Waals surface area contributed by atoms with Gasteiger partial charge in [0.05, 0.1) is 11.8 Å². The fraction of sp³-hybridized carbons (Fsp3) is 0.263. The highest BCUT2D eigenvalue weighted by Crippen LogP contribution is 2.20. The molecule has 1 amide bonds. The van der Waals surface area contributed by atoms with Crippen molar-refractivity contribution in [2.45, 2.75) is 31.0 Å². The summed E-state index contributed by atoms with van der Waals surface area (Å²) < 4.78 is 0. The first-order valence-electron chi connectivity index (χ1n) is 8.56. The summed E-state index contributed by atoms with van der Waals surface area (Å²) in [7, 11) is 0. The Labute approximate surface area is 156 Å². The van der Waals surface area contributed by atoms with Gasteiger partial charge in [0.1, 0.15) is 0 Å². The van der Waals surface area contributed by atoms with Crippen LogP contribution in [0.25, 0.3) is 11.4 Å². The van der Waals surface area contributed by atoms with E-state index in [-0.39, 0.29) is 17.7 Å².